The van der Waals surface area contributed by atoms with Gasteiger partial charge in [-0.1, -0.05) is 36.8 Å². The van der Waals surface area contributed by atoms with Crippen LogP contribution in [0.25, 0.3) is 0 Å². The van der Waals surface area contributed by atoms with E-state index in [-0.39, 0.29) is 0 Å². The summed E-state index contributed by atoms with van der Waals surface area (Å²) < 4.78 is 0. The lowest BCUT2D eigenvalue weighted by molar-refractivity contribution is 0.429. The Balaban J connectivity index is 1.94. The molecular weight excluding hydrogens is 194 g/mol. The minimum absolute atomic E-state index is 0.849. The zero-order valence-corrected chi connectivity index (χ0v) is 10.5. The van der Waals surface area contributed by atoms with Crippen LogP contribution in [0.1, 0.15) is 30.9 Å². The lowest BCUT2D eigenvalue weighted by Gasteiger charge is -2.16. The Bertz CT molecular complexity index is 328. The smallest absolute Gasteiger partial charge is 0.00148 e. The highest BCUT2D eigenvalue weighted by Crippen LogP contribution is 2.38. The maximum atomic E-state index is 3.50. The first-order valence-corrected chi connectivity index (χ1v) is 6.56. The van der Waals surface area contributed by atoms with Crippen molar-refractivity contribution in [3.63, 3.8) is 0 Å². The van der Waals surface area contributed by atoms with Gasteiger partial charge in [0.25, 0.3) is 0 Å². The molecule has 2 rings (SSSR count). The molecule has 1 aromatic rings. The molecule has 0 spiro atoms. The third-order valence-electron chi connectivity index (χ3n) is 3.53. The summed E-state index contributed by atoms with van der Waals surface area (Å²) in [5.41, 5.74) is 2.89. The van der Waals surface area contributed by atoms with Gasteiger partial charge < -0.3 is 5.32 Å². The molecule has 1 aliphatic rings. The maximum absolute atomic E-state index is 3.50. The molecule has 0 bridgehead atoms. The molecule has 1 fully saturated rings. The lowest BCUT2D eigenvalue weighted by atomic mass is 9.94. The average Bonchev–Trinajstić information content (AvgIpc) is 3.08. The molecule has 1 N–H and O–H groups in total. The molecule has 1 unspecified atom stereocenters. The molecule has 0 aromatic heterocycles. The molecule has 16 heavy (non-hydrogen) atoms. The Morgan fingerprint density at radius 1 is 1.38 bits per heavy atom. The van der Waals surface area contributed by atoms with Crippen LogP contribution in [-0.2, 0) is 6.42 Å². The monoisotopic (exact) mass is 217 g/mol. The first-order valence-electron chi connectivity index (χ1n) is 6.56. The highest BCUT2D eigenvalue weighted by atomic mass is 14.8. The van der Waals surface area contributed by atoms with E-state index in [1.165, 1.54) is 36.9 Å². The Hall–Kier alpha value is -0.820. The minimum atomic E-state index is 0.849. The van der Waals surface area contributed by atoms with Gasteiger partial charge in [-0.2, -0.15) is 0 Å². The second kappa shape index (κ2) is 5.49. The molecule has 1 aromatic carbocycles. The fourth-order valence-corrected chi connectivity index (χ4v) is 2.44. The van der Waals surface area contributed by atoms with E-state index in [0.29, 0.717) is 0 Å². The van der Waals surface area contributed by atoms with Gasteiger partial charge in [0.1, 0.15) is 0 Å². The molecule has 1 nitrogen and oxygen atoms in total. The van der Waals surface area contributed by atoms with Crippen molar-refractivity contribution in [3.05, 3.63) is 35.4 Å². The first-order chi connectivity index (χ1) is 7.79. The number of aryl methyl sites for hydroxylation is 1. The van der Waals surface area contributed by atoms with Crippen LogP contribution in [0.4, 0.5) is 0 Å². The van der Waals surface area contributed by atoms with Crippen molar-refractivity contribution in [1.82, 2.24) is 5.32 Å². The van der Waals surface area contributed by atoms with Gasteiger partial charge in [0.2, 0.25) is 0 Å². The Morgan fingerprint density at radius 2 is 2.19 bits per heavy atom. The van der Waals surface area contributed by atoms with Crippen molar-refractivity contribution in [2.45, 2.75) is 33.1 Å². The normalized spacial score (nSPS) is 17.4. The van der Waals surface area contributed by atoms with Gasteiger partial charge in [0.05, 0.1) is 0 Å². The van der Waals surface area contributed by atoms with E-state index in [2.05, 4.69) is 43.4 Å². The SMILES string of the molecule is CCNCC(Cc1cccc(C)c1)C1CC1. The maximum Gasteiger partial charge on any atom is -0.00148 e. The van der Waals surface area contributed by atoms with E-state index < -0.39 is 0 Å². The molecule has 1 atom stereocenters. The standard InChI is InChI=1S/C15H23N/c1-3-16-11-15(14-7-8-14)10-13-6-4-5-12(2)9-13/h4-6,9,14-16H,3,7-8,10-11H2,1-2H3. The van der Waals surface area contributed by atoms with Crippen molar-refractivity contribution in [1.29, 1.82) is 0 Å². The number of benzene rings is 1. The second-order valence-electron chi connectivity index (χ2n) is 5.10. The van der Waals surface area contributed by atoms with Crippen molar-refractivity contribution in [3.8, 4) is 0 Å². The van der Waals surface area contributed by atoms with Crippen LogP contribution in [-0.4, -0.2) is 13.1 Å². The molecule has 1 saturated carbocycles. The second-order valence-corrected chi connectivity index (χ2v) is 5.10. The summed E-state index contributed by atoms with van der Waals surface area (Å²) in [4.78, 5) is 0. The van der Waals surface area contributed by atoms with Gasteiger partial charge in [-0.05, 0) is 56.7 Å². The fourth-order valence-electron chi connectivity index (χ4n) is 2.44. The van der Waals surface area contributed by atoms with Crippen LogP contribution >= 0.6 is 0 Å². The van der Waals surface area contributed by atoms with Crippen LogP contribution in [0.3, 0.4) is 0 Å². The average molecular weight is 217 g/mol. The highest BCUT2D eigenvalue weighted by molar-refractivity contribution is 5.22. The topological polar surface area (TPSA) is 12.0 Å². The van der Waals surface area contributed by atoms with E-state index in [0.717, 1.165) is 18.4 Å². The number of nitrogens with one attached hydrogen (secondary N) is 1. The molecule has 0 amide bonds. The Morgan fingerprint density at radius 3 is 2.81 bits per heavy atom. The van der Waals surface area contributed by atoms with Crippen molar-refractivity contribution < 1.29 is 0 Å². The molecule has 1 heteroatoms. The van der Waals surface area contributed by atoms with E-state index >= 15 is 0 Å². The Labute approximate surface area is 99.3 Å². The molecule has 0 heterocycles. The van der Waals surface area contributed by atoms with E-state index in [1.807, 2.05) is 0 Å². The van der Waals surface area contributed by atoms with Crippen LogP contribution in [0.2, 0.25) is 0 Å². The quantitative estimate of drug-likeness (QED) is 0.771. The lowest BCUT2D eigenvalue weighted by Crippen LogP contribution is -2.25. The minimum Gasteiger partial charge on any atom is -0.317 e. The van der Waals surface area contributed by atoms with Crippen molar-refractivity contribution in [2.24, 2.45) is 11.8 Å². The highest BCUT2D eigenvalue weighted by Gasteiger charge is 2.30. The fraction of sp³-hybridized carbons (Fsp3) is 0.600. The van der Waals surface area contributed by atoms with Crippen LogP contribution < -0.4 is 5.32 Å². The van der Waals surface area contributed by atoms with E-state index in [4.69, 9.17) is 0 Å². The molecule has 1 aliphatic carbocycles. The van der Waals surface area contributed by atoms with Gasteiger partial charge in [0, 0.05) is 0 Å². The third-order valence-corrected chi connectivity index (χ3v) is 3.53. The molecular formula is C15H23N. The summed E-state index contributed by atoms with van der Waals surface area (Å²) in [6, 6.07) is 8.97. The zero-order valence-electron chi connectivity index (χ0n) is 10.5. The third kappa shape index (κ3) is 3.34. The Kier molecular flexibility index (Phi) is 4.00. The molecule has 0 saturated heterocycles. The summed E-state index contributed by atoms with van der Waals surface area (Å²) in [7, 11) is 0. The first kappa shape index (κ1) is 11.7. The van der Waals surface area contributed by atoms with Gasteiger partial charge in [-0.25, -0.2) is 0 Å². The van der Waals surface area contributed by atoms with Gasteiger partial charge >= 0.3 is 0 Å². The predicted molar refractivity (Wildman–Crippen MR) is 69.6 cm³/mol. The summed E-state index contributed by atoms with van der Waals surface area (Å²) >= 11 is 0. The number of hydrogen-bond donors (Lipinski definition) is 1. The summed E-state index contributed by atoms with van der Waals surface area (Å²) in [5, 5.41) is 3.50. The van der Waals surface area contributed by atoms with Crippen LogP contribution in [0.15, 0.2) is 24.3 Å². The van der Waals surface area contributed by atoms with E-state index in [1.54, 1.807) is 0 Å². The van der Waals surface area contributed by atoms with Gasteiger partial charge in [-0.3, -0.25) is 0 Å². The zero-order chi connectivity index (χ0) is 11.4. The molecule has 88 valence electrons. The van der Waals surface area contributed by atoms with Crippen molar-refractivity contribution >= 4 is 0 Å². The largest absolute Gasteiger partial charge is 0.317 e. The van der Waals surface area contributed by atoms with Crippen LogP contribution in [0.5, 0.6) is 0 Å². The summed E-state index contributed by atoms with van der Waals surface area (Å²) in [5.74, 6) is 1.83. The van der Waals surface area contributed by atoms with Gasteiger partial charge in [0.15, 0.2) is 0 Å². The molecule has 0 aliphatic heterocycles. The predicted octanol–water partition coefficient (Wildman–Crippen LogP) is 3.17. The summed E-state index contributed by atoms with van der Waals surface area (Å²) in [6.07, 6.45) is 4.14. The van der Waals surface area contributed by atoms with Gasteiger partial charge in [-0.15, -0.1) is 0 Å². The summed E-state index contributed by atoms with van der Waals surface area (Å²) in [6.45, 7) is 6.66. The van der Waals surface area contributed by atoms with Crippen molar-refractivity contribution in [2.75, 3.05) is 13.1 Å². The van der Waals surface area contributed by atoms with E-state index in [9.17, 15) is 0 Å². The number of rotatable bonds is 6. The molecule has 0 radical (unpaired) electrons. The number of hydrogen-bond acceptors (Lipinski definition) is 1. The van der Waals surface area contributed by atoms with Crippen LogP contribution in [0, 0.1) is 18.8 Å².